The molecule has 3 N–H and O–H groups in total. The Morgan fingerprint density at radius 3 is 2.42 bits per heavy atom. The number of hydrogen-bond donors (Lipinski definition) is 2. The summed E-state index contributed by atoms with van der Waals surface area (Å²) in [6.45, 7) is 3.93. The summed E-state index contributed by atoms with van der Waals surface area (Å²) in [4.78, 5) is 0. The van der Waals surface area contributed by atoms with Gasteiger partial charge in [-0.05, 0) is 43.7 Å². The van der Waals surface area contributed by atoms with Gasteiger partial charge < -0.3 is 10.5 Å². The first-order valence-electron chi connectivity index (χ1n) is 5.86. The number of hydrogen-bond acceptors (Lipinski definition) is 2. The summed E-state index contributed by atoms with van der Waals surface area (Å²) in [5.74, 6) is 0.373. The Hall–Kier alpha value is -2.36. The number of nitrogens with one attached hydrogen (secondary N) is 1. The molecule has 0 aliphatic carbocycles. The van der Waals surface area contributed by atoms with Crippen LogP contribution < -0.4 is 10.5 Å². The zero-order valence-electron chi connectivity index (χ0n) is 10.8. The second kappa shape index (κ2) is 5.10. The molecule has 98 valence electrons. The molecule has 3 nitrogen and oxygen atoms in total. The second-order valence-electron chi connectivity index (χ2n) is 4.43. The van der Waals surface area contributed by atoms with Gasteiger partial charge in [0.25, 0.3) is 0 Å². The molecular formula is C15H15FN2O. The van der Waals surface area contributed by atoms with E-state index in [9.17, 15) is 4.39 Å². The van der Waals surface area contributed by atoms with Crippen LogP contribution in [0.5, 0.6) is 11.5 Å². The number of rotatable bonds is 3. The Kier molecular flexibility index (Phi) is 3.51. The fraction of sp³-hybridized carbons (Fsp3) is 0.133. The summed E-state index contributed by atoms with van der Waals surface area (Å²) in [6.07, 6.45) is 0. The van der Waals surface area contributed by atoms with Crippen molar-refractivity contribution in [2.24, 2.45) is 5.73 Å². The lowest BCUT2D eigenvalue weighted by molar-refractivity contribution is 0.475. The lowest BCUT2D eigenvalue weighted by Crippen LogP contribution is -2.12. The minimum Gasteiger partial charge on any atom is -0.456 e. The highest BCUT2D eigenvalue weighted by molar-refractivity contribution is 5.97. The minimum atomic E-state index is -0.446. The summed E-state index contributed by atoms with van der Waals surface area (Å²) in [5, 5.41) is 7.46. The van der Waals surface area contributed by atoms with E-state index in [-0.39, 0.29) is 11.4 Å². The molecular weight excluding hydrogens is 243 g/mol. The first-order valence-corrected chi connectivity index (χ1v) is 5.86. The van der Waals surface area contributed by atoms with Gasteiger partial charge in [-0.3, -0.25) is 5.41 Å². The Morgan fingerprint density at radius 1 is 1.11 bits per heavy atom. The van der Waals surface area contributed by atoms with Crippen molar-refractivity contribution in [3.05, 3.63) is 58.9 Å². The van der Waals surface area contributed by atoms with E-state index in [0.29, 0.717) is 11.5 Å². The molecule has 2 aromatic carbocycles. The quantitative estimate of drug-likeness (QED) is 0.653. The fourth-order valence-electron chi connectivity index (χ4n) is 1.83. The minimum absolute atomic E-state index is 0.223. The average molecular weight is 258 g/mol. The fourth-order valence-corrected chi connectivity index (χ4v) is 1.83. The van der Waals surface area contributed by atoms with Crippen molar-refractivity contribution in [1.82, 2.24) is 0 Å². The normalized spacial score (nSPS) is 10.3. The highest BCUT2D eigenvalue weighted by Gasteiger charge is 2.10. The van der Waals surface area contributed by atoms with Gasteiger partial charge in [-0.25, -0.2) is 4.39 Å². The summed E-state index contributed by atoms with van der Waals surface area (Å²) in [5.41, 5.74) is 7.79. The van der Waals surface area contributed by atoms with Gasteiger partial charge in [-0.2, -0.15) is 0 Å². The smallest absolute Gasteiger partial charge is 0.138 e. The molecule has 0 heterocycles. The van der Waals surface area contributed by atoms with Crippen molar-refractivity contribution in [2.45, 2.75) is 13.8 Å². The molecule has 0 unspecified atom stereocenters. The van der Waals surface area contributed by atoms with E-state index in [4.69, 9.17) is 15.9 Å². The lowest BCUT2D eigenvalue weighted by Gasteiger charge is -2.12. The van der Waals surface area contributed by atoms with Crippen molar-refractivity contribution >= 4 is 5.84 Å². The molecule has 4 heteroatoms. The van der Waals surface area contributed by atoms with Gasteiger partial charge in [0, 0.05) is 0 Å². The van der Waals surface area contributed by atoms with Gasteiger partial charge >= 0.3 is 0 Å². The van der Waals surface area contributed by atoms with E-state index in [1.54, 1.807) is 0 Å². The molecule has 2 aromatic rings. The van der Waals surface area contributed by atoms with Gasteiger partial charge in [0.15, 0.2) is 0 Å². The maximum absolute atomic E-state index is 13.2. The Morgan fingerprint density at radius 2 is 1.79 bits per heavy atom. The van der Waals surface area contributed by atoms with Gasteiger partial charge in [-0.1, -0.05) is 17.7 Å². The van der Waals surface area contributed by atoms with Gasteiger partial charge in [-0.15, -0.1) is 0 Å². The van der Waals surface area contributed by atoms with Gasteiger partial charge in [0.05, 0.1) is 5.56 Å². The molecule has 0 amide bonds. The third-order valence-electron chi connectivity index (χ3n) is 2.78. The zero-order chi connectivity index (χ0) is 14.0. The number of nitrogen functional groups attached to an aromatic ring is 1. The van der Waals surface area contributed by atoms with Crippen LogP contribution in [0.1, 0.15) is 16.7 Å². The molecule has 2 rings (SSSR count). The summed E-state index contributed by atoms with van der Waals surface area (Å²) in [7, 11) is 0. The number of nitrogens with two attached hydrogens (primary N) is 1. The monoisotopic (exact) mass is 258 g/mol. The van der Waals surface area contributed by atoms with Crippen LogP contribution in [0.4, 0.5) is 4.39 Å². The highest BCUT2D eigenvalue weighted by atomic mass is 19.1. The van der Waals surface area contributed by atoms with Crippen LogP contribution in [0, 0.1) is 25.1 Å². The number of aryl methyl sites for hydroxylation is 2. The molecule has 0 atom stereocenters. The van der Waals surface area contributed by atoms with E-state index >= 15 is 0 Å². The van der Waals surface area contributed by atoms with E-state index in [1.165, 1.54) is 18.2 Å². The van der Waals surface area contributed by atoms with Crippen molar-refractivity contribution < 1.29 is 9.13 Å². The van der Waals surface area contributed by atoms with E-state index in [0.717, 1.165) is 11.1 Å². The molecule has 0 fully saturated rings. The summed E-state index contributed by atoms with van der Waals surface area (Å²) < 4.78 is 18.9. The van der Waals surface area contributed by atoms with E-state index in [1.807, 2.05) is 32.0 Å². The molecule has 0 aromatic heterocycles. The Labute approximate surface area is 111 Å². The van der Waals surface area contributed by atoms with Crippen LogP contribution in [-0.2, 0) is 0 Å². The average Bonchev–Trinajstić information content (AvgIpc) is 2.34. The first-order chi connectivity index (χ1) is 8.97. The topological polar surface area (TPSA) is 59.1 Å². The predicted octanol–water partition coefficient (Wildman–Crippen LogP) is 3.52. The van der Waals surface area contributed by atoms with Crippen LogP contribution in [0.15, 0.2) is 36.4 Å². The zero-order valence-corrected chi connectivity index (χ0v) is 10.8. The number of amidine groups is 1. The summed E-state index contributed by atoms with van der Waals surface area (Å²) >= 11 is 0. The molecule has 0 spiro atoms. The maximum atomic E-state index is 13.2. The van der Waals surface area contributed by atoms with Crippen molar-refractivity contribution in [3.63, 3.8) is 0 Å². The van der Waals surface area contributed by atoms with Crippen molar-refractivity contribution in [3.8, 4) is 11.5 Å². The highest BCUT2D eigenvalue weighted by Crippen LogP contribution is 2.28. The predicted molar refractivity (Wildman–Crippen MR) is 73.4 cm³/mol. The van der Waals surface area contributed by atoms with Crippen LogP contribution in [0.25, 0.3) is 0 Å². The third kappa shape index (κ3) is 2.91. The molecule has 0 bridgehead atoms. The number of benzene rings is 2. The van der Waals surface area contributed by atoms with Gasteiger partial charge in [0.2, 0.25) is 0 Å². The van der Waals surface area contributed by atoms with Gasteiger partial charge in [0.1, 0.15) is 23.2 Å². The van der Waals surface area contributed by atoms with Crippen molar-refractivity contribution in [2.75, 3.05) is 0 Å². The molecule has 0 aliphatic rings. The van der Waals surface area contributed by atoms with E-state index in [2.05, 4.69) is 0 Å². The van der Waals surface area contributed by atoms with Crippen LogP contribution in [0.3, 0.4) is 0 Å². The Bertz CT molecular complexity index is 638. The molecule has 0 aliphatic heterocycles. The lowest BCUT2D eigenvalue weighted by atomic mass is 10.1. The van der Waals surface area contributed by atoms with Crippen LogP contribution in [-0.4, -0.2) is 5.84 Å². The van der Waals surface area contributed by atoms with Crippen molar-refractivity contribution in [1.29, 1.82) is 5.41 Å². The van der Waals surface area contributed by atoms with Crippen LogP contribution >= 0.6 is 0 Å². The maximum Gasteiger partial charge on any atom is 0.138 e. The molecule has 19 heavy (non-hydrogen) atoms. The number of halogens is 1. The Balaban J connectivity index is 2.40. The molecule has 0 radical (unpaired) electrons. The third-order valence-corrected chi connectivity index (χ3v) is 2.78. The van der Waals surface area contributed by atoms with E-state index < -0.39 is 5.82 Å². The number of ether oxygens (including phenoxy) is 1. The first kappa shape index (κ1) is 13.1. The standard InChI is InChI=1S/C15H15FN2O/c1-9-3-5-13(10(2)7-9)19-14-6-4-11(16)8-12(14)15(17)18/h3-8H,1-2H3,(H3,17,18). The van der Waals surface area contributed by atoms with Crippen LogP contribution in [0.2, 0.25) is 0 Å². The SMILES string of the molecule is Cc1ccc(Oc2ccc(F)cc2C(=N)N)c(C)c1. The second-order valence-corrected chi connectivity index (χ2v) is 4.43. The molecule has 0 saturated heterocycles. The summed E-state index contributed by atoms with van der Waals surface area (Å²) in [6, 6.07) is 9.72. The molecule has 0 saturated carbocycles. The largest absolute Gasteiger partial charge is 0.456 e.